The molecule has 20 heavy (non-hydrogen) atoms. The largest absolute Gasteiger partial charge is 0.369 e. The number of hydrogen-bond donors (Lipinski definition) is 1. The summed E-state index contributed by atoms with van der Waals surface area (Å²) in [4.78, 5) is 4.33. The highest BCUT2D eigenvalue weighted by atomic mass is 35.5. The minimum absolute atomic E-state index is 0.336. The molecule has 0 unspecified atom stereocenters. The molecule has 0 aliphatic carbocycles. The molecule has 2 N–H and O–H groups in total. The molecule has 1 aromatic carbocycles. The Morgan fingerprint density at radius 3 is 2.80 bits per heavy atom. The Labute approximate surface area is 120 Å². The van der Waals surface area contributed by atoms with Crippen LogP contribution in [0.25, 0.3) is 16.9 Å². The average Bonchev–Trinajstić information content (AvgIpc) is 2.88. The molecular weight excluding hydrogens is 276 g/mol. The molecule has 6 nitrogen and oxygen atoms in total. The Morgan fingerprint density at radius 1 is 1.40 bits per heavy atom. The van der Waals surface area contributed by atoms with Crippen molar-refractivity contribution in [3.63, 3.8) is 0 Å². The number of benzene rings is 1. The number of aromatic nitrogens is 4. The van der Waals surface area contributed by atoms with Gasteiger partial charge in [0, 0.05) is 7.05 Å². The lowest BCUT2D eigenvalue weighted by molar-refractivity contribution is 0.762. The number of imidazole rings is 1. The van der Waals surface area contributed by atoms with Crippen molar-refractivity contribution in [2.45, 2.75) is 6.92 Å². The van der Waals surface area contributed by atoms with E-state index >= 15 is 0 Å². The number of aryl methyl sites for hydroxylation is 2. The summed E-state index contributed by atoms with van der Waals surface area (Å²) in [6.07, 6.45) is 0. The summed E-state index contributed by atoms with van der Waals surface area (Å²) in [6.45, 7) is 1.87. The zero-order valence-electron chi connectivity index (χ0n) is 10.9. The first-order chi connectivity index (χ1) is 9.52. The highest BCUT2D eigenvalue weighted by Gasteiger charge is 2.18. The molecule has 0 aliphatic rings. The van der Waals surface area contributed by atoms with Crippen LogP contribution in [0.3, 0.4) is 0 Å². The van der Waals surface area contributed by atoms with E-state index in [0.717, 1.165) is 16.9 Å². The predicted molar refractivity (Wildman–Crippen MR) is 76.7 cm³/mol. The quantitative estimate of drug-likeness (QED) is 0.743. The van der Waals surface area contributed by atoms with Crippen LogP contribution in [0.5, 0.6) is 0 Å². The van der Waals surface area contributed by atoms with E-state index in [1.807, 2.05) is 20.0 Å². The smallest absolute Gasteiger partial charge is 0.207 e. The van der Waals surface area contributed by atoms with Gasteiger partial charge in [-0.3, -0.25) is 4.57 Å². The van der Waals surface area contributed by atoms with Gasteiger partial charge in [0.1, 0.15) is 5.52 Å². The van der Waals surface area contributed by atoms with E-state index in [9.17, 15) is 0 Å². The van der Waals surface area contributed by atoms with Gasteiger partial charge in [-0.25, -0.2) is 9.67 Å². The monoisotopic (exact) mass is 286 g/mol. The molecule has 0 radical (unpaired) electrons. The van der Waals surface area contributed by atoms with Gasteiger partial charge < -0.3 is 5.73 Å². The van der Waals surface area contributed by atoms with Crippen LogP contribution in [0.15, 0.2) is 18.2 Å². The van der Waals surface area contributed by atoms with E-state index in [-0.39, 0.29) is 0 Å². The number of fused-ring (bicyclic) bond motifs is 1. The summed E-state index contributed by atoms with van der Waals surface area (Å²) < 4.78 is 3.45. The second kappa shape index (κ2) is 4.25. The van der Waals surface area contributed by atoms with E-state index in [2.05, 4.69) is 10.1 Å². The first-order valence-corrected chi connectivity index (χ1v) is 6.28. The second-order valence-electron chi connectivity index (χ2n) is 4.46. The number of hydrogen-bond acceptors (Lipinski definition) is 4. The zero-order valence-corrected chi connectivity index (χ0v) is 11.7. The third-order valence-corrected chi connectivity index (χ3v) is 3.45. The van der Waals surface area contributed by atoms with Crippen LogP contribution in [0, 0.1) is 18.3 Å². The highest BCUT2D eigenvalue weighted by molar-refractivity contribution is 6.32. The lowest BCUT2D eigenvalue weighted by Gasteiger charge is -2.09. The third kappa shape index (κ3) is 1.64. The summed E-state index contributed by atoms with van der Waals surface area (Å²) in [5.74, 6) is 0.336. The Kier molecular flexibility index (Phi) is 2.66. The van der Waals surface area contributed by atoms with Gasteiger partial charge >= 0.3 is 0 Å². The van der Waals surface area contributed by atoms with Crippen LogP contribution in [-0.2, 0) is 7.05 Å². The maximum atomic E-state index is 8.89. The van der Waals surface area contributed by atoms with E-state index in [1.54, 1.807) is 27.4 Å². The first kappa shape index (κ1) is 12.5. The van der Waals surface area contributed by atoms with Gasteiger partial charge in [0.2, 0.25) is 5.95 Å². The number of nitriles is 1. The Hall–Kier alpha value is -2.52. The third-order valence-electron chi connectivity index (χ3n) is 3.15. The van der Waals surface area contributed by atoms with Crippen LogP contribution in [0.1, 0.15) is 11.3 Å². The van der Waals surface area contributed by atoms with Gasteiger partial charge in [0.05, 0.1) is 28.0 Å². The SMILES string of the molecule is Cc1nn(C)c2c1nc(N)n2-c1ccc(C#N)cc1Cl. The number of anilines is 1. The van der Waals surface area contributed by atoms with Crippen LogP contribution in [-0.4, -0.2) is 19.3 Å². The van der Waals surface area contributed by atoms with Crippen molar-refractivity contribution in [1.29, 1.82) is 5.26 Å². The molecular formula is C13H11ClN6. The predicted octanol–water partition coefficient (Wildman–Crippen LogP) is 2.17. The van der Waals surface area contributed by atoms with Gasteiger partial charge in [0.25, 0.3) is 0 Å². The molecule has 0 spiro atoms. The molecule has 0 saturated heterocycles. The number of nitrogen functional groups attached to an aromatic ring is 1. The van der Waals surface area contributed by atoms with Gasteiger partial charge in [0.15, 0.2) is 5.65 Å². The van der Waals surface area contributed by atoms with Crippen molar-refractivity contribution in [2.24, 2.45) is 7.05 Å². The maximum absolute atomic E-state index is 8.89. The molecule has 3 rings (SSSR count). The van der Waals surface area contributed by atoms with Crippen molar-refractivity contribution in [3.8, 4) is 11.8 Å². The van der Waals surface area contributed by atoms with Crippen molar-refractivity contribution >= 4 is 28.7 Å². The van der Waals surface area contributed by atoms with Crippen molar-refractivity contribution in [2.75, 3.05) is 5.73 Å². The maximum Gasteiger partial charge on any atom is 0.207 e. The lowest BCUT2D eigenvalue weighted by Crippen LogP contribution is -2.05. The Morgan fingerprint density at radius 2 is 2.15 bits per heavy atom. The summed E-state index contributed by atoms with van der Waals surface area (Å²) in [6, 6.07) is 7.09. The molecule has 7 heteroatoms. The molecule has 0 fully saturated rings. The van der Waals surface area contributed by atoms with Crippen molar-refractivity contribution in [3.05, 3.63) is 34.5 Å². The van der Waals surface area contributed by atoms with Crippen LogP contribution in [0.4, 0.5) is 5.95 Å². The molecule has 0 atom stereocenters. The molecule has 100 valence electrons. The first-order valence-electron chi connectivity index (χ1n) is 5.90. The van der Waals surface area contributed by atoms with Crippen molar-refractivity contribution < 1.29 is 0 Å². The van der Waals surface area contributed by atoms with Gasteiger partial charge in [-0.15, -0.1) is 0 Å². The average molecular weight is 287 g/mol. The van der Waals surface area contributed by atoms with Crippen LogP contribution in [0.2, 0.25) is 5.02 Å². The molecule has 3 aromatic rings. The standard InChI is InChI=1S/C13H11ClN6/c1-7-11-12(19(2)18-7)20(13(16)17-11)10-4-3-8(6-15)5-9(10)14/h3-5H,1-2H3,(H2,16,17). The number of nitrogens with zero attached hydrogens (tertiary/aromatic N) is 5. The normalized spacial score (nSPS) is 10.9. The number of nitrogens with two attached hydrogens (primary N) is 1. The van der Waals surface area contributed by atoms with Gasteiger partial charge in [-0.2, -0.15) is 10.4 Å². The molecule has 0 aliphatic heterocycles. The fraction of sp³-hybridized carbons (Fsp3) is 0.154. The summed E-state index contributed by atoms with van der Waals surface area (Å²) >= 11 is 6.25. The van der Waals surface area contributed by atoms with Gasteiger partial charge in [-0.1, -0.05) is 11.6 Å². The van der Waals surface area contributed by atoms with E-state index in [0.29, 0.717) is 22.2 Å². The van der Waals surface area contributed by atoms with E-state index < -0.39 is 0 Å². The molecule has 0 saturated carbocycles. The Bertz CT molecular complexity index is 867. The molecule has 0 amide bonds. The van der Waals surface area contributed by atoms with Crippen LogP contribution >= 0.6 is 11.6 Å². The summed E-state index contributed by atoms with van der Waals surface area (Å²) in [5.41, 5.74) is 9.48. The Balaban J connectivity index is 2.35. The number of halogens is 1. The van der Waals surface area contributed by atoms with Gasteiger partial charge in [-0.05, 0) is 25.1 Å². The minimum Gasteiger partial charge on any atom is -0.369 e. The highest BCUT2D eigenvalue weighted by Crippen LogP contribution is 2.29. The molecule has 2 heterocycles. The second-order valence-corrected chi connectivity index (χ2v) is 4.87. The van der Waals surface area contributed by atoms with E-state index in [4.69, 9.17) is 22.6 Å². The van der Waals surface area contributed by atoms with Crippen LogP contribution < -0.4 is 5.73 Å². The molecule has 2 aromatic heterocycles. The topological polar surface area (TPSA) is 85.5 Å². The minimum atomic E-state index is 0.336. The number of rotatable bonds is 1. The van der Waals surface area contributed by atoms with Crippen molar-refractivity contribution in [1.82, 2.24) is 19.3 Å². The zero-order chi connectivity index (χ0) is 14.4. The van der Waals surface area contributed by atoms with E-state index in [1.165, 1.54) is 0 Å². The molecule has 0 bridgehead atoms. The fourth-order valence-electron chi connectivity index (χ4n) is 2.28. The fourth-order valence-corrected chi connectivity index (χ4v) is 2.55. The lowest BCUT2D eigenvalue weighted by atomic mass is 10.2. The summed E-state index contributed by atoms with van der Waals surface area (Å²) in [7, 11) is 1.82. The summed E-state index contributed by atoms with van der Waals surface area (Å²) in [5, 5.41) is 13.7.